The Hall–Kier alpha value is 0.366. The largest absolute Gasteiger partial charge is 1.00 e. The fourth-order valence-corrected chi connectivity index (χ4v) is 1.48. The van der Waals surface area contributed by atoms with Crippen LogP contribution in [0.1, 0.15) is 11.1 Å². The third kappa shape index (κ3) is 4.81. The first-order valence-corrected chi connectivity index (χ1v) is 5.15. The van der Waals surface area contributed by atoms with Gasteiger partial charge in [-0.15, -0.1) is 0 Å². The zero-order valence-electron chi connectivity index (χ0n) is 8.77. The average Bonchev–Trinajstić information content (AvgIpc) is 1.96. The maximum Gasteiger partial charge on any atom is 1.00 e. The summed E-state index contributed by atoms with van der Waals surface area (Å²) in [4.78, 5) is 0. The van der Waals surface area contributed by atoms with E-state index in [2.05, 4.69) is 4.18 Å². The van der Waals surface area contributed by atoms with Crippen molar-refractivity contribution in [1.29, 1.82) is 0 Å². The number of benzene rings is 1. The van der Waals surface area contributed by atoms with Gasteiger partial charge in [-0.2, -0.15) is 0 Å². The molecule has 0 aliphatic rings. The Morgan fingerprint density at radius 1 is 1.33 bits per heavy atom. The van der Waals surface area contributed by atoms with Gasteiger partial charge >= 0.3 is 51.4 Å². The molecule has 15 heavy (non-hydrogen) atoms. The van der Waals surface area contributed by atoms with Crippen LogP contribution in [0.2, 0.25) is 0 Å². The number of aryl methyl sites for hydroxylation is 2. The summed E-state index contributed by atoms with van der Waals surface area (Å²) in [7, 11) is -4.76. The van der Waals surface area contributed by atoms with Crippen molar-refractivity contribution in [2.75, 3.05) is 5.73 Å². The minimum atomic E-state index is -4.76. The van der Waals surface area contributed by atoms with E-state index in [1.54, 1.807) is 19.9 Å². The van der Waals surface area contributed by atoms with Crippen molar-refractivity contribution in [2.45, 2.75) is 13.8 Å². The number of hydrogen-bond donors (Lipinski definition) is 1. The van der Waals surface area contributed by atoms with Crippen LogP contribution in [0, 0.1) is 13.8 Å². The van der Waals surface area contributed by atoms with Crippen LogP contribution < -0.4 is 61.3 Å². The minimum absolute atomic E-state index is 0. The van der Waals surface area contributed by atoms with Crippen LogP contribution in [-0.4, -0.2) is 13.0 Å². The molecule has 78 valence electrons. The number of anilines is 1. The Labute approximate surface area is 131 Å². The third-order valence-corrected chi connectivity index (χ3v) is 2.07. The number of nitrogens with two attached hydrogens (primary N) is 1. The smallest absolute Gasteiger partial charge is 0.716 e. The zero-order valence-corrected chi connectivity index (χ0v) is 12.7. The van der Waals surface area contributed by atoms with Crippen LogP contribution in [0.3, 0.4) is 0 Å². The van der Waals surface area contributed by atoms with Gasteiger partial charge in [0.05, 0.1) is 5.69 Å². The van der Waals surface area contributed by atoms with Crippen molar-refractivity contribution in [3.63, 3.8) is 0 Å². The maximum absolute atomic E-state index is 10.3. The molecule has 0 heterocycles. The van der Waals surface area contributed by atoms with Crippen molar-refractivity contribution in [3.05, 3.63) is 23.3 Å². The van der Waals surface area contributed by atoms with Crippen LogP contribution in [-0.2, 0) is 10.4 Å². The Kier molecular flexibility index (Phi) is 5.76. The molecule has 1 rings (SSSR count). The molecule has 0 radical (unpaired) electrons. The molecular formula is C8H10KNO4S. The van der Waals surface area contributed by atoms with E-state index in [0.29, 0.717) is 5.56 Å². The number of hydrogen-bond acceptors (Lipinski definition) is 5. The summed E-state index contributed by atoms with van der Waals surface area (Å²) in [5.74, 6) is -0.113. The van der Waals surface area contributed by atoms with Crippen molar-refractivity contribution < 1.29 is 68.5 Å². The van der Waals surface area contributed by atoms with E-state index in [0.717, 1.165) is 5.56 Å². The molecule has 0 amide bonds. The molecule has 0 bridgehead atoms. The molecule has 7 heteroatoms. The van der Waals surface area contributed by atoms with Gasteiger partial charge in [-0.3, -0.25) is 0 Å². The quantitative estimate of drug-likeness (QED) is 0.278. The molecule has 1 aromatic rings. The van der Waals surface area contributed by atoms with Crippen LogP contribution in [0.5, 0.6) is 5.75 Å². The van der Waals surface area contributed by atoms with E-state index in [9.17, 15) is 13.0 Å². The summed E-state index contributed by atoms with van der Waals surface area (Å²) in [5, 5.41) is 0. The summed E-state index contributed by atoms with van der Waals surface area (Å²) < 4.78 is 35.2. The zero-order chi connectivity index (χ0) is 10.9. The van der Waals surface area contributed by atoms with Gasteiger partial charge in [0.2, 0.25) is 0 Å². The van der Waals surface area contributed by atoms with Gasteiger partial charge in [-0.25, -0.2) is 8.42 Å². The Balaban J connectivity index is 0.00000196. The predicted molar refractivity (Wildman–Crippen MR) is 50.7 cm³/mol. The molecule has 1 aromatic carbocycles. The first kappa shape index (κ1) is 15.4. The van der Waals surface area contributed by atoms with Gasteiger partial charge < -0.3 is 14.5 Å². The molecule has 0 aliphatic heterocycles. The van der Waals surface area contributed by atoms with E-state index in [4.69, 9.17) is 5.73 Å². The molecule has 0 spiro atoms. The van der Waals surface area contributed by atoms with Crippen LogP contribution >= 0.6 is 0 Å². The van der Waals surface area contributed by atoms with Crippen molar-refractivity contribution in [3.8, 4) is 5.75 Å². The standard InChI is InChI=1S/C8H11NO4S.K/c1-5-3-6(2)8(9)7(4-5)13-14(10,11)12;/h3-4H,9H2,1-2H3,(H,10,11,12);/q;+1/p-1. The predicted octanol–water partition coefficient (Wildman–Crippen LogP) is -2.27. The molecule has 0 aromatic heterocycles. The first-order chi connectivity index (χ1) is 6.29. The van der Waals surface area contributed by atoms with E-state index in [1.165, 1.54) is 6.07 Å². The fraction of sp³-hybridized carbons (Fsp3) is 0.250. The van der Waals surface area contributed by atoms with E-state index < -0.39 is 10.4 Å². The van der Waals surface area contributed by atoms with Crippen molar-refractivity contribution >= 4 is 16.1 Å². The van der Waals surface area contributed by atoms with Gasteiger partial charge in [0.15, 0.2) is 5.75 Å². The normalized spacial score (nSPS) is 10.6. The summed E-state index contributed by atoms with van der Waals surface area (Å²) in [6.45, 7) is 3.45. The van der Waals surface area contributed by atoms with Crippen LogP contribution in [0.4, 0.5) is 5.69 Å². The van der Waals surface area contributed by atoms with Gasteiger partial charge in [-0.05, 0) is 31.0 Å². The molecule has 0 atom stereocenters. The second-order valence-corrected chi connectivity index (χ2v) is 3.97. The van der Waals surface area contributed by atoms with Crippen molar-refractivity contribution in [2.24, 2.45) is 0 Å². The SMILES string of the molecule is Cc1cc(C)c(N)c(OS(=O)(=O)[O-])c1.[K+]. The van der Waals surface area contributed by atoms with Crippen LogP contribution in [0.25, 0.3) is 0 Å². The Bertz CT molecular complexity index is 458. The van der Waals surface area contributed by atoms with Crippen molar-refractivity contribution in [1.82, 2.24) is 0 Å². The van der Waals surface area contributed by atoms with E-state index in [-0.39, 0.29) is 62.8 Å². The molecule has 2 N–H and O–H groups in total. The van der Waals surface area contributed by atoms with Gasteiger partial charge in [0.25, 0.3) is 10.4 Å². The average molecular weight is 255 g/mol. The molecule has 5 nitrogen and oxygen atoms in total. The monoisotopic (exact) mass is 255 g/mol. The maximum atomic E-state index is 10.3. The molecule has 0 unspecified atom stereocenters. The Morgan fingerprint density at radius 2 is 1.87 bits per heavy atom. The number of nitrogen functional groups attached to an aromatic ring is 1. The summed E-state index contributed by atoms with van der Waals surface area (Å²) in [6, 6.07) is 3.16. The summed E-state index contributed by atoms with van der Waals surface area (Å²) in [6.07, 6.45) is 0. The topological polar surface area (TPSA) is 92.5 Å². The van der Waals surface area contributed by atoms with E-state index in [1.807, 2.05) is 0 Å². The number of rotatable bonds is 2. The summed E-state index contributed by atoms with van der Waals surface area (Å²) >= 11 is 0. The molecule has 0 saturated carbocycles. The Morgan fingerprint density at radius 3 is 2.33 bits per heavy atom. The second kappa shape index (κ2) is 5.62. The summed E-state index contributed by atoms with van der Waals surface area (Å²) in [5.41, 5.74) is 7.14. The molecular weight excluding hydrogens is 245 g/mol. The van der Waals surface area contributed by atoms with Gasteiger partial charge in [-0.1, -0.05) is 6.07 Å². The third-order valence-electron chi connectivity index (χ3n) is 1.69. The fourth-order valence-electron chi connectivity index (χ4n) is 1.12. The minimum Gasteiger partial charge on any atom is -0.716 e. The molecule has 0 saturated heterocycles. The van der Waals surface area contributed by atoms with Crippen LogP contribution in [0.15, 0.2) is 12.1 Å². The first-order valence-electron chi connectivity index (χ1n) is 3.81. The second-order valence-electron chi connectivity index (χ2n) is 2.99. The van der Waals surface area contributed by atoms with Gasteiger partial charge in [0.1, 0.15) is 0 Å². The molecule has 0 fully saturated rings. The molecule has 0 aliphatic carbocycles. The van der Waals surface area contributed by atoms with E-state index >= 15 is 0 Å². The van der Waals surface area contributed by atoms with Gasteiger partial charge in [0, 0.05) is 0 Å².